The molecule has 0 aliphatic rings. The summed E-state index contributed by atoms with van der Waals surface area (Å²) >= 11 is 4.16. The van der Waals surface area contributed by atoms with Crippen LogP contribution in [0.15, 0.2) is 12.2 Å². The fourth-order valence-electron chi connectivity index (χ4n) is 0.414. The van der Waals surface area contributed by atoms with Gasteiger partial charge in [-0.1, -0.05) is 6.58 Å². The number of ether oxygens (including phenoxy) is 1. The van der Waals surface area contributed by atoms with Crippen molar-refractivity contribution in [2.24, 2.45) is 0 Å². The van der Waals surface area contributed by atoms with E-state index in [2.05, 4.69) is 27.6 Å². The van der Waals surface area contributed by atoms with Gasteiger partial charge in [-0.15, -0.1) is 0 Å². The van der Waals surface area contributed by atoms with Crippen molar-refractivity contribution in [3.63, 3.8) is 0 Å². The second kappa shape index (κ2) is 5.47. The van der Waals surface area contributed by atoms with Crippen molar-refractivity contribution in [3.8, 4) is 0 Å². The lowest BCUT2D eigenvalue weighted by Gasteiger charge is -2.08. The van der Waals surface area contributed by atoms with Crippen molar-refractivity contribution >= 4 is 24.5 Å². The molecule has 13 heavy (non-hydrogen) atoms. The van der Waals surface area contributed by atoms with Crippen LogP contribution in [0, 0.1) is 0 Å². The number of hydrogen-bond donors (Lipinski definition) is 2. The predicted molar refractivity (Wildman–Crippen MR) is 50.4 cm³/mol. The molecule has 0 spiro atoms. The summed E-state index contributed by atoms with van der Waals surface area (Å²) in [4.78, 5) is 27.9. The Morgan fingerprint density at radius 2 is 2.08 bits per heavy atom. The first-order valence-corrected chi connectivity index (χ1v) is 5.98. The summed E-state index contributed by atoms with van der Waals surface area (Å²) < 4.78 is 8.97. The van der Waals surface area contributed by atoms with E-state index in [1.165, 1.54) is 6.92 Å². The fourth-order valence-corrected chi connectivity index (χ4v) is 0.950. The van der Waals surface area contributed by atoms with Crippen molar-refractivity contribution in [1.82, 2.24) is 0 Å². The Morgan fingerprint density at radius 1 is 1.54 bits per heavy atom. The number of rotatable bonds is 5. The van der Waals surface area contributed by atoms with Crippen molar-refractivity contribution in [2.45, 2.75) is 6.92 Å². The lowest BCUT2D eigenvalue weighted by Crippen LogP contribution is -2.10. The van der Waals surface area contributed by atoms with Gasteiger partial charge in [0.05, 0.1) is 6.61 Å². The molecular weight excluding hydrogens is 215 g/mol. The molecule has 7 heteroatoms. The first kappa shape index (κ1) is 12.7. The number of hydrogen-bond acceptors (Lipinski definition) is 4. The van der Waals surface area contributed by atoms with E-state index in [0.717, 1.165) is 0 Å². The van der Waals surface area contributed by atoms with Gasteiger partial charge in [0, 0.05) is 5.57 Å². The zero-order chi connectivity index (χ0) is 10.5. The van der Waals surface area contributed by atoms with E-state index in [-0.39, 0.29) is 18.8 Å². The van der Waals surface area contributed by atoms with Gasteiger partial charge in [0.1, 0.15) is 6.61 Å². The normalized spacial score (nSPS) is 11.0. The standard InChI is InChI=1S/C6H11O5PS/c1-5(2)6(7)10-3-4-11-12(8,9)13/h1,3-4H2,2H3,(H2,8,9,13). The summed E-state index contributed by atoms with van der Waals surface area (Å²) in [5, 5.41) is 0. The van der Waals surface area contributed by atoms with Crippen molar-refractivity contribution in [3.05, 3.63) is 12.2 Å². The summed E-state index contributed by atoms with van der Waals surface area (Å²) in [6.45, 7) is 1.02. The van der Waals surface area contributed by atoms with Crippen LogP contribution >= 0.6 is 6.72 Å². The first-order chi connectivity index (χ1) is 5.83. The Labute approximate surface area is 81.2 Å². The molecule has 0 heterocycles. The average Bonchev–Trinajstić information content (AvgIpc) is 1.95. The maximum absolute atomic E-state index is 10.7. The molecule has 76 valence electrons. The van der Waals surface area contributed by atoms with Gasteiger partial charge in [0.25, 0.3) is 0 Å². The van der Waals surface area contributed by atoms with Crippen LogP contribution < -0.4 is 0 Å². The van der Waals surface area contributed by atoms with Crippen molar-refractivity contribution in [2.75, 3.05) is 13.2 Å². The van der Waals surface area contributed by atoms with Gasteiger partial charge >= 0.3 is 12.7 Å². The van der Waals surface area contributed by atoms with Gasteiger partial charge in [-0.25, -0.2) is 4.79 Å². The summed E-state index contributed by atoms with van der Waals surface area (Å²) in [7, 11) is 0. The Balaban J connectivity index is 3.53. The van der Waals surface area contributed by atoms with Gasteiger partial charge in [-0.3, -0.25) is 0 Å². The quantitative estimate of drug-likeness (QED) is 0.304. The third kappa shape index (κ3) is 8.08. The Morgan fingerprint density at radius 3 is 2.46 bits per heavy atom. The SMILES string of the molecule is C=C(C)C(=O)OCCOP(O)(O)=S. The molecule has 0 atom stereocenters. The Kier molecular flexibility index (Phi) is 5.36. The molecule has 2 N–H and O–H groups in total. The second-order valence-electron chi connectivity index (χ2n) is 2.24. The molecule has 0 aromatic heterocycles. The van der Waals surface area contributed by atoms with Gasteiger partial charge in [0.2, 0.25) is 0 Å². The zero-order valence-electron chi connectivity index (χ0n) is 7.10. The van der Waals surface area contributed by atoms with E-state index in [4.69, 9.17) is 9.79 Å². The molecule has 0 radical (unpaired) electrons. The Hall–Kier alpha value is -0.260. The Bertz CT molecular complexity index is 245. The fraction of sp³-hybridized carbons (Fsp3) is 0.500. The molecule has 0 saturated carbocycles. The van der Waals surface area contributed by atoms with Crippen LogP contribution in [-0.4, -0.2) is 29.0 Å². The van der Waals surface area contributed by atoms with E-state index in [0.29, 0.717) is 0 Å². The molecule has 0 aromatic carbocycles. The molecule has 0 aliphatic carbocycles. The maximum atomic E-state index is 10.7. The number of esters is 1. The highest BCUT2D eigenvalue weighted by atomic mass is 32.5. The van der Waals surface area contributed by atoms with E-state index in [1.54, 1.807) is 0 Å². The molecule has 0 fully saturated rings. The minimum Gasteiger partial charge on any atom is -0.460 e. The summed E-state index contributed by atoms with van der Waals surface area (Å²) in [5.74, 6) is -0.548. The summed E-state index contributed by atoms with van der Waals surface area (Å²) in [6.07, 6.45) is 0. The van der Waals surface area contributed by atoms with Crippen LogP contribution in [0.2, 0.25) is 0 Å². The predicted octanol–water partition coefficient (Wildman–Crippen LogP) is 0.331. The minimum atomic E-state index is -3.63. The van der Waals surface area contributed by atoms with Crippen LogP contribution in [0.25, 0.3) is 0 Å². The minimum absolute atomic E-state index is 0.0782. The number of carbonyl (C=O) groups excluding carboxylic acids is 1. The lowest BCUT2D eigenvalue weighted by molar-refractivity contribution is -0.139. The highest BCUT2D eigenvalue weighted by Gasteiger charge is 2.08. The van der Waals surface area contributed by atoms with Crippen LogP contribution in [0.4, 0.5) is 0 Å². The van der Waals surface area contributed by atoms with Gasteiger partial charge in [0.15, 0.2) is 0 Å². The van der Waals surface area contributed by atoms with Crippen LogP contribution in [0.3, 0.4) is 0 Å². The maximum Gasteiger partial charge on any atom is 0.333 e. The highest BCUT2D eigenvalue weighted by molar-refractivity contribution is 8.06. The first-order valence-electron chi connectivity index (χ1n) is 3.35. The van der Waals surface area contributed by atoms with E-state index >= 15 is 0 Å². The van der Waals surface area contributed by atoms with Gasteiger partial charge in [-0.2, -0.15) is 0 Å². The summed E-state index contributed by atoms with van der Waals surface area (Å²) in [5.41, 5.74) is 0.271. The molecule has 0 saturated heterocycles. The molecule has 0 rings (SSSR count). The topological polar surface area (TPSA) is 76.0 Å². The third-order valence-corrected chi connectivity index (χ3v) is 1.76. The average molecular weight is 226 g/mol. The largest absolute Gasteiger partial charge is 0.460 e. The smallest absolute Gasteiger partial charge is 0.333 e. The van der Waals surface area contributed by atoms with E-state index in [1.807, 2.05) is 0 Å². The van der Waals surface area contributed by atoms with Crippen LogP contribution in [0.5, 0.6) is 0 Å². The molecular formula is C6H11O5PS. The molecule has 0 aromatic rings. The zero-order valence-corrected chi connectivity index (χ0v) is 8.81. The molecule has 5 nitrogen and oxygen atoms in total. The van der Waals surface area contributed by atoms with Crippen molar-refractivity contribution < 1.29 is 23.8 Å². The second-order valence-corrected chi connectivity index (χ2v) is 4.91. The van der Waals surface area contributed by atoms with Crippen LogP contribution in [0.1, 0.15) is 6.92 Å². The van der Waals surface area contributed by atoms with Gasteiger partial charge in [-0.05, 0) is 18.7 Å². The lowest BCUT2D eigenvalue weighted by atomic mass is 10.4. The molecule has 0 bridgehead atoms. The van der Waals surface area contributed by atoms with Gasteiger partial charge < -0.3 is 19.0 Å². The molecule has 0 aliphatic heterocycles. The summed E-state index contributed by atoms with van der Waals surface area (Å²) in [6, 6.07) is 0. The third-order valence-electron chi connectivity index (χ3n) is 0.924. The highest BCUT2D eigenvalue weighted by Crippen LogP contribution is 2.35. The number of carbonyl (C=O) groups is 1. The molecule has 0 unspecified atom stereocenters. The molecule has 0 amide bonds. The van der Waals surface area contributed by atoms with Crippen LogP contribution in [-0.2, 0) is 25.9 Å². The van der Waals surface area contributed by atoms with Crippen molar-refractivity contribution in [1.29, 1.82) is 0 Å². The van der Waals surface area contributed by atoms with E-state index in [9.17, 15) is 4.79 Å². The van der Waals surface area contributed by atoms with E-state index < -0.39 is 12.7 Å². The monoisotopic (exact) mass is 226 g/mol.